The van der Waals surface area contributed by atoms with Gasteiger partial charge in [0.25, 0.3) is 0 Å². The quantitative estimate of drug-likeness (QED) is 0.788. The van der Waals surface area contributed by atoms with Gasteiger partial charge in [0.05, 0.1) is 25.5 Å². The molecule has 0 bridgehead atoms. The van der Waals surface area contributed by atoms with Crippen LogP contribution in [0.1, 0.15) is 11.3 Å². The van der Waals surface area contributed by atoms with Crippen LogP contribution < -0.4 is 4.90 Å². The van der Waals surface area contributed by atoms with Crippen LogP contribution >= 0.6 is 0 Å². The standard InChI is InChI=1S/C12H16N4O3/c17-12(18)16-2-1-9-10(7-16)13-8-14-11(9)15-3-5-19-6-4-15/h8H,1-7H2,(H,17,18). The molecule has 0 aliphatic carbocycles. The molecule has 1 aromatic heterocycles. The molecule has 0 spiro atoms. The van der Waals surface area contributed by atoms with E-state index in [0.29, 0.717) is 32.7 Å². The van der Waals surface area contributed by atoms with Gasteiger partial charge in [-0.15, -0.1) is 0 Å². The first-order valence-electron chi connectivity index (χ1n) is 6.39. The van der Waals surface area contributed by atoms with Crippen molar-refractivity contribution < 1.29 is 14.6 Å². The van der Waals surface area contributed by atoms with Gasteiger partial charge in [0.15, 0.2) is 0 Å². The maximum Gasteiger partial charge on any atom is 0.407 e. The molecule has 102 valence electrons. The Bertz CT molecular complexity index is 488. The smallest absolute Gasteiger partial charge is 0.407 e. The number of rotatable bonds is 1. The molecule has 1 N–H and O–H groups in total. The molecule has 19 heavy (non-hydrogen) atoms. The van der Waals surface area contributed by atoms with E-state index in [4.69, 9.17) is 9.84 Å². The average Bonchev–Trinajstić information content (AvgIpc) is 2.47. The highest BCUT2D eigenvalue weighted by molar-refractivity contribution is 5.66. The minimum absolute atomic E-state index is 0.352. The summed E-state index contributed by atoms with van der Waals surface area (Å²) < 4.78 is 5.34. The number of hydrogen-bond acceptors (Lipinski definition) is 5. The summed E-state index contributed by atoms with van der Waals surface area (Å²) in [4.78, 5) is 23.2. The first kappa shape index (κ1) is 12.2. The Morgan fingerprint density at radius 2 is 2.05 bits per heavy atom. The lowest BCUT2D eigenvalue weighted by atomic mass is 10.1. The molecule has 3 rings (SSSR count). The third-order valence-corrected chi connectivity index (χ3v) is 3.57. The molecule has 0 aromatic carbocycles. The number of hydrogen-bond donors (Lipinski definition) is 1. The fraction of sp³-hybridized carbons (Fsp3) is 0.583. The molecule has 3 heterocycles. The Morgan fingerprint density at radius 3 is 2.79 bits per heavy atom. The minimum Gasteiger partial charge on any atom is -0.465 e. The summed E-state index contributed by atoms with van der Waals surface area (Å²) in [6, 6.07) is 0. The molecule has 7 heteroatoms. The molecule has 1 amide bonds. The van der Waals surface area contributed by atoms with Gasteiger partial charge in [0.1, 0.15) is 12.1 Å². The van der Waals surface area contributed by atoms with Crippen LogP contribution in [0.5, 0.6) is 0 Å². The normalized spacial score (nSPS) is 19.2. The van der Waals surface area contributed by atoms with E-state index in [9.17, 15) is 4.79 Å². The van der Waals surface area contributed by atoms with E-state index in [0.717, 1.165) is 30.2 Å². The van der Waals surface area contributed by atoms with Gasteiger partial charge in [-0.1, -0.05) is 0 Å². The van der Waals surface area contributed by atoms with Gasteiger partial charge in [-0.25, -0.2) is 14.8 Å². The highest BCUT2D eigenvalue weighted by Gasteiger charge is 2.26. The number of carbonyl (C=O) groups is 1. The predicted octanol–water partition coefficient (Wildman–Crippen LogP) is 0.349. The minimum atomic E-state index is -0.891. The fourth-order valence-corrected chi connectivity index (χ4v) is 2.55. The molecular formula is C12H16N4O3. The van der Waals surface area contributed by atoms with Gasteiger partial charge in [-0.3, -0.25) is 0 Å². The van der Waals surface area contributed by atoms with E-state index in [1.807, 2.05) is 0 Å². The zero-order chi connectivity index (χ0) is 13.2. The lowest BCUT2D eigenvalue weighted by Gasteiger charge is -2.32. The van der Waals surface area contributed by atoms with Crippen molar-refractivity contribution in [2.24, 2.45) is 0 Å². The number of nitrogens with zero attached hydrogens (tertiary/aromatic N) is 4. The van der Waals surface area contributed by atoms with Crippen LogP contribution in [0.25, 0.3) is 0 Å². The van der Waals surface area contributed by atoms with Crippen LogP contribution in [0.15, 0.2) is 6.33 Å². The molecule has 1 aromatic rings. The molecule has 0 atom stereocenters. The van der Waals surface area contributed by atoms with Crippen LogP contribution in [-0.4, -0.2) is 58.9 Å². The van der Waals surface area contributed by atoms with Crippen molar-refractivity contribution in [3.63, 3.8) is 0 Å². The van der Waals surface area contributed by atoms with E-state index < -0.39 is 6.09 Å². The van der Waals surface area contributed by atoms with Crippen LogP contribution in [0.2, 0.25) is 0 Å². The van der Waals surface area contributed by atoms with Crippen molar-refractivity contribution in [2.75, 3.05) is 37.7 Å². The number of ether oxygens (including phenoxy) is 1. The second kappa shape index (κ2) is 5.00. The van der Waals surface area contributed by atoms with E-state index in [1.54, 1.807) is 0 Å². The number of fused-ring (bicyclic) bond motifs is 1. The van der Waals surface area contributed by atoms with Crippen LogP contribution in [0, 0.1) is 0 Å². The Morgan fingerprint density at radius 1 is 1.26 bits per heavy atom. The number of morpholine rings is 1. The van der Waals surface area contributed by atoms with Gasteiger partial charge in [0.2, 0.25) is 0 Å². The lowest BCUT2D eigenvalue weighted by Crippen LogP contribution is -2.40. The van der Waals surface area contributed by atoms with E-state index in [1.165, 1.54) is 11.2 Å². The van der Waals surface area contributed by atoms with Gasteiger partial charge in [-0.05, 0) is 6.42 Å². The van der Waals surface area contributed by atoms with Gasteiger partial charge < -0.3 is 19.6 Å². The zero-order valence-electron chi connectivity index (χ0n) is 10.6. The Labute approximate surface area is 110 Å². The van der Waals surface area contributed by atoms with Crippen LogP contribution in [0.4, 0.5) is 10.6 Å². The van der Waals surface area contributed by atoms with E-state index >= 15 is 0 Å². The van der Waals surface area contributed by atoms with Crippen molar-refractivity contribution in [3.05, 3.63) is 17.6 Å². The molecular weight excluding hydrogens is 248 g/mol. The van der Waals surface area contributed by atoms with E-state index in [2.05, 4.69) is 14.9 Å². The van der Waals surface area contributed by atoms with Crippen molar-refractivity contribution in [2.45, 2.75) is 13.0 Å². The SMILES string of the molecule is O=C(O)N1CCc2c(ncnc2N2CCOCC2)C1. The molecule has 1 fully saturated rings. The number of anilines is 1. The summed E-state index contributed by atoms with van der Waals surface area (Å²) in [5.41, 5.74) is 1.91. The molecule has 2 aliphatic rings. The first-order chi connectivity index (χ1) is 9.25. The van der Waals surface area contributed by atoms with Crippen molar-refractivity contribution >= 4 is 11.9 Å². The third kappa shape index (κ3) is 2.33. The summed E-state index contributed by atoms with van der Waals surface area (Å²) in [6.07, 6.45) is 1.31. The number of carboxylic acid groups (broad SMARTS) is 1. The third-order valence-electron chi connectivity index (χ3n) is 3.57. The highest BCUT2D eigenvalue weighted by atomic mass is 16.5. The van der Waals surface area contributed by atoms with E-state index in [-0.39, 0.29) is 0 Å². The van der Waals surface area contributed by atoms with Crippen LogP contribution in [-0.2, 0) is 17.7 Å². The second-order valence-electron chi connectivity index (χ2n) is 4.68. The summed E-state index contributed by atoms with van der Waals surface area (Å²) in [7, 11) is 0. The van der Waals surface area contributed by atoms with Crippen LogP contribution in [0.3, 0.4) is 0 Å². The fourth-order valence-electron chi connectivity index (χ4n) is 2.55. The first-order valence-corrected chi connectivity index (χ1v) is 6.39. The number of aromatic nitrogens is 2. The average molecular weight is 264 g/mol. The molecule has 0 saturated carbocycles. The monoisotopic (exact) mass is 264 g/mol. The zero-order valence-corrected chi connectivity index (χ0v) is 10.6. The van der Waals surface area contributed by atoms with Gasteiger partial charge in [-0.2, -0.15) is 0 Å². The van der Waals surface area contributed by atoms with Crippen molar-refractivity contribution in [3.8, 4) is 0 Å². The lowest BCUT2D eigenvalue weighted by molar-refractivity contribution is 0.122. The molecule has 2 aliphatic heterocycles. The molecule has 0 unspecified atom stereocenters. The summed E-state index contributed by atoms with van der Waals surface area (Å²) in [5.74, 6) is 0.943. The molecule has 7 nitrogen and oxygen atoms in total. The topological polar surface area (TPSA) is 78.8 Å². The van der Waals surface area contributed by atoms with Gasteiger partial charge >= 0.3 is 6.09 Å². The Balaban J connectivity index is 1.87. The Kier molecular flexibility index (Phi) is 3.20. The summed E-state index contributed by atoms with van der Waals surface area (Å²) >= 11 is 0. The van der Waals surface area contributed by atoms with Crippen molar-refractivity contribution in [1.29, 1.82) is 0 Å². The second-order valence-corrected chi connectivity index (χ2v) is 4.68. The maximum absolute atomic E-state index is 11.0. The highest BCUT2D eigenvalue weighted by Crippen LogP contribution is 2.25. The predicted molar refractivity (Wildman–Crippen MR) is 67.2 cm³/mol. The molecule has 1 saturated heterocycles. The number of amides is 1. The summed E-state index contributed by atoms with van der Waals surface area (Å²) in [6.45, 7) is 3.93. The van der Waals surface area contributed by atoms with Crippen molar-refractivity contribution in [1.82, 2.24) is 14.9 Å². The molecule has 0 radical (unpaired) electrons. The largest absolute Gasteiger partial charge is 0.465 e. The Hall–Kier alpha value is -1.89. The summed E-state index contributed by atoms with van der Waals surface area (Å²) in [5, 5.41) is 9.04. The van der Waals surface area contributed by atoms with Gasteiger partial charge in [0, 0.05) is 25.2 Å². The maximum atomic E-state index is 11.0.